The zero-order chi connectivity index (χ0) is 14.4. The first kappa shape index (κ1) is 12.2. The zero-order valence-electron chi connectivity index (χ0n) is 10.9. The van der Waals surface area contributed by atoms with Crippen LogP contribution in [0.2, 0.25) is 0 Å². The molecule has 0 saturated heterocycles. The summed E-state index contributed by atoms with van der Waals surface area (Å²) in [6.07, 6.45) is 3.54. The van der Waals surface area contributed by atoms with Crippen LogP contribution in [0.15, 0.2) is 54.9 Å². The second-order valence-electron chi connectivity index (χ2n) is 4.80. The SMILES string of the molecule is Fc1ccc2[nH]c(=S)n(-c3cccc4cnccc34)c2c1. The average molecular weight is 295 g/mol. The second kappa shape index (κ2) is 4.49. The van der Waals surface area contributed by atoms with Gasteiger partial charge in [-0.25, -0.2) is 4.39 Å². The maximum absolute atomic E-state index is 13.6. The normalized spacial score (nSPS) is 11.3. The van der Waals surface area contributed by atoms with Crippen LogP contribution in [0.1, 0.15) is 0 Å². The van der Waals surface area contributed by atoms with Gasteiger partial charge in [0.25, 0.3) is 0 Å². The number of fused-ring (bicyclic) bond motifs is 2. The molecular formula is C16H10FN3S. The Bertz CT molecular complexity index is 1030. The second-order valence-corrected chi connectivity index (χ2v) is 5.19. The molecule has 4 rings (SSSR count). The van der Waals surface area contributed by atoms with Crippen LogP contribution in [0.25, 0.3) is 27.5 Å². The Morgan fingerprint density at radius 2 is 2.05 bits per heavy atom. The number of nitrogens with one attached hydrogen (secondary N) is 1. The van der Waals surface area contributed by atoms with Crippen LogP contribution in [-0.2, 0) is 0 Å². The largest absolute Gasteiger partial charge is 0.330 e. The fraction of sp³-hybridized carbons (Fsp3) is 0. The summed E-state index contributed by atoms with van der Waals surface area (Å²) in [6.45, 7) is 0. The smallest absolute Gasteiger partial charge is 0.182 e. The van der Waals surface area contributed by atoms with E-state index in [1.165, 1.54) is 12.1 Å². The Kier molecular flexibility index (Phi) is 2.62. The molecule has 0 atom stereocenters. The van der Waals surface area contributed by atoms with E-state index in [1.807, 2.05) is 28.8 Å². The molecule has 3 nitrogen and oxygen atoms in total. The maximum Gasteiger partial charge on any atom is 0.182 e. The molecule has 0 aliphatic rings. The molecule has 4 aromatic rings. The van der Waals surface area contributed by atoms with Gasteiger partial charge in [-0.05, 0) is 36.5 Å². The molecule has 0 amide bonds. The number of hydrogen-bond acceptors (Lipinski definition) is 2. The van der Waals surface area contributed by atoms with Gasteiger partial charge in [0.2, 0.25) is 0 Å². The molecule has 102 valence electrons. The molecule has 0 saturated carbocycles. The van der Waals surface area contributed by atoms with Crippen LogP contribution in [0.4, 0.5) is 4.39 Å². The van der Waals surface area contributed by atoms with Crippen molar-refractivity contribution in [2.75, 3.05) is 0 Å². The maximum atomic E-state index is 13.6. The van der Waals surface area contributed by atoms with Crippen LogP contribution in [-0.4, -0.2) is 14.5 Å². The van der Waals surface area contributed by atoms with E-state index < -0.39 is 0 Å². The molecule has 2 aromatic carbocycles. The molecule has 5 heteroatoms. The highest BCUT2D eigenvalue weighted by molar-refractivity contribution is 7.71. The number of imidazole rings is 1. The third-order valence-electron chi connectivity index (χ3n) is 3.54. The van der Waals surface area contributed by atoms with Crippen molar-refractivity contribution in [1.82, 2.24) is 14.5 Å². The Balaban J connectivity index is 2.16. The van der Waals surface area contributed by atoms with Gasteiger partial charge in [0.05, 0.1) is 16.7 Å². The summed E-state index contributed by atoms with van der Waals surface area (Å²) in [5.41, 5.74) is 2.45. The molecule has 0 fully saturated rings. The van der Waals surface area contributed by atoms with Gasteiger partial charge in [-0.3, -0.25) is 9.55 Å². The summed E-state index contributed by atoms with van der Waals surface area (Å²) in [5.74, 6) is -0.285. The van der Waals surface area contributed by atoms with Crippen molar-refractivity contribution in [2.45, 2.75) is 0 Å². The van der Waals surface area contributed by atoms with Crippen molar-refractivity contribution in [3.05, 3.63) is 65.4 Å². The lowest BCUT2D eigenvalue weighted by molar-refractivity contribution is 0.629. The number of aromatic amines is 1. The minimum absolute atomic E-state index is 0.285. The Morgan fingerprint density at radius 3 is 2.95 bits per heavy atom. The van der Waals surface area contributed by atoms with E-state index in [0.29, 0.717) is 4.77 Å². The third kappa shape index (κ3) is 1.86. The first-order chi connectivity index (χ1) is 10.2. The van der Waals surface area contributed by atoms with Crippen molar-refractivity contribution in [2.24, 2.45) is 0 Å². The van der Waals surface area contributed by atoms with E-state index in [9.17, 15) is 4.39 Å². The lowest BCUT2D eigenvalue weighted by Gasteiger charge is -2.08. The summed E-state index contributed by atoms with van der Waals surface area (Å²) in [4.78, 5) is 7.24. The van der Waals surface area contributed by atoms with Crippen molar-refractivity contribution in [1.29, 1.82) is 0 Å². The van der Waals surface area contributed by atoms with Gasteiger partial charge >= 0.3 is 0 Å². The molecule has 1 N–H and O–H groups in total. The first-order valence-corrected chi connectivity index (χ1v) is 6.88. The van der Waals surface area contributed by atoms with Crippen molar-refractivity contribution in [3.63, 3.8) is 0 Å². The fourth-order valence-corrected chi connectivity index (χ4v) is 2.92. The van der Waals surface area contributed by atoms with Crippen molar-refractivity contribution in [3.8, 4) is 5.69 Å². The molecule has 0 radical (unpaired) electrons. The highest BCUT2D eigenvalue weighted by Crippen LogP contribution is 2.26. The third-order valence-corrected chi connectivity index (χ3v) is 3.83. The Morgan fingerprint density at radius 1 is 1.14 bits per heavy atom. The van der Waals surface area contributed by atoms with E-state index in [1.54, 1.807) is 18.5 Å². The molecule has 2 aromatic heterocycles. The number of benzene rings is 2. The molecule has 2 heterocycles. The number of pyridine rings is 1. The molecule has 0 spiro atoms. The minimum Gasteiger partial charge on any atom is -0.330 e. The average Bonchev–Trinajstić information content (AvgIpc) is 2.82. The van der Waals surface area contributed by atoms with Crippen molar-refractivity contribution >= 4 is 34.0 Å². The van der Waals surface area contributed by atoms with Crippen LogP contribution in [0.5, 0.6) is 0 Å². The summed E-state index contributed by atoms with van der Waals surface area (Å²) in [7, 11) is 0. The highest BCUT2D eigenvalue weighted by atomic mass is 32.1. The van der Waals surface area contributed by atoms with Gasteiger partial charge in [0.1, 0.15) is 5.82 Å². The van der Waals surface area contributed by atoms with E-state index in [-0.39, 0.29) is 5.82 Å². The summed E-state index contributed by atoms with van der Waals surface area (Å²) in [5, 5.41) is 2.04. The Labute approximate surface area is 124 Å². The fourth-order valence-electron chi connectivity index (χ4n) is 2.62. The predicted octanol–water partition coefficient (Wildman–Crippen LogP) is 4.38. The summed E-state index contributed by atoms with van der Waals surface area (Å²) in [6, 6.07) is 12.4. The monoisotopic (exact) mass is 295 g/mol. The first-order valence-electron chi connectivity index (χ1n) is 6.47. The van der Waals surface area contributed by atoms with E-state index in [0.717, 1.165) is 27.5 Å². The van der Waals surface area contributed by atoms with E-state index in [2.05, 4.69) is 9.97 Å². The van der Waals surface area contributed by atoms with E-state index in [4.69, 9.17) is 12.2 Å². The number of H-pyrrole nitrogens is 1. The molecule has 0 unspecified atom stereocenters. The summed E-state index contributed by atoms with van der Waals surface area (Å²) < 4.78 is 16.0. The number of aromatic nitrogens is 3. The van der Waals surface area contributed by atoms with Crippen LogP contribution in [0, 0.1) is 10.6 Å². The molecule has 0 aliphatic carbocycles. The highest BCUT2D eigenvalue weighted by Gasteiger charge is 2.10. The van der Waals surface area contributed by atoms with Crippen LogP contribution >= 0.6 is 12.2 Å². The molecular weight excluding hydrogens is 285 g/mol. The van der Waals surface area contributed by atoms with Crippen molar-refractivity contribution < 1.29 is 4.39 Å². The van der Waals surface area contributed by atoms with Gasteiger partial charge in [0.15, 0.2) is 4.77 Å². The van der Waals surface area contributed by atoms with Gasteiger partial charge in [-0.15, -0.1) is 0 Å². The van der Waals surface area contributed by atoms with Crippen LogP contribution < -0.4 is 0 Å². The zero-order valence-corrected chi connectivity index (χ0v) is 11.7. The molecule has 0 bridgehead atoms. The lowest BCUT2D eigenvalue weighted by Crippen LogP contribution is -1.95. The number of hydrogen-bond donors (Lipinski definition) is 1. The topological polar surface area (TPSA) is 33.6 Å². The van der Waals surface area contributed by atoms with Gasteiger partial charge < -0.3 is 4.98 Å². The van der Waals surface area contributed by atoms with Crippen LogP contribution in [0.3, 0.4) is 0 Å². The lowest BCUT2D eigenvalue weighted by atomic mass is 10.1. The quantitative estimate of drug-likeness (QED) is 0.529. The summed E-state index contributed by atoms with van der Waals surface area (Å²) >= 11 is 5.41. The predicted molar refractivity (Wildman–Crippen MR) is 83.7 cm³/mol. The number of rotatable bonds is 1. The number of halogens is 1. The van der Waals surface area contributed by atoms with Gasteiger partial charge in [-0.1, -0.05) is 12.1 Å². The molecule has 21 heavy (non-hydrogen) atoms. The number of nitrogens with zero attached hydrogens (tertiary/aromatic N) is 2. The molecule has 0 aliphatic heterocycles. The standard InChI is InChI=1S/C16H10FN3S/c17-11-4-5-13-15(8-11)20(16(21)19-13)14-3-1-2-10-9-18-7-6-12(10)14/h1-9H,(H,19,21). The minimum atomic E-state index is -0.285. The Hall–Kier alpha value is -2.53. The van der Waals surface area contributed by atoms with Gasteiger partial charge in [-0.2, -0.15) is 0 Å². The van der Waals surface area contributed by atoms with E-state index >= 15 is 0 Å². The van der Waals surface area contributed by atoms with Gasteiger partial charge in [0, 0.05) is 29.2 Å².